The molecule has 2 rings (SSSR count). The summed E-state index contributed by atoms with van der Waals surface area (Å²) < 4.78 is 29.7. The number of ether oxygens (including phenoxy) is 1. The lowest BCUT2D eigenvalue weighted by atomic mass is 9.98. The summed E-state index contributed by atoms with van der Waals surface area (Å²) in [5, 5.41) is 0. The highest BCUT2D eigenvalue weighted by Crippen LogP contribution is 2.21. The minimum absolute atomic E-state index is 0.296. The molecule has 7 nitrogen and oxygen atoms in total. The molecule has 1 unspecified atom stereocenters. The van der Waals surface area contributed by atoms with Gasteiger partial charge in [0.2, 0.25) is 10.0 Å². The number of piperidine rings is 1. The molecule has 1 amide bonds. The molecule has 1 heterocycles. The van der Waals surface area contributed by atoms with Crippen LogP contribution in [0.2, 0.25) is 0 Å². The smallest absolute Gasteiger partial charge is 0.309 e. The summed E-state index contributed by atoms with van der Waals surface area (Å²) in [6, 6.07) is 9.10. The van der Waals surface area contributed by atoms with E-state index in [0.29, 0.717) is 25.9 Å². The Hall–Kier alpha value is -1.93. The van der Waals surface area contributed by atoms with Gasteiger partial charge < -0.3 is 9.64 Å². The van der Waals surface area contributed by atoms with Crippen LogP contribution in [0.3, 0.4) is 0 Å². The maximum atomic E-state index is 12.4. The number of carbonyl (C=O) groups excluding carboxylic acids is 2. The van der Waals surface area contributed by atoms with Crippen molar-refractivity contribution < 1.29 is 22.7 Å². The van der Waals surface area contributed by atoms with Crippen molar-refractivity contribution in [2.45, 2.75) is 25.9 Å². The standard InChI is InChI=1S/C17H24N2O5S/c1-13(16(20)18(2)15-7-5-4-6-8-15)24-17(21)14-9-11-19(12-10-14)25(3,22)23/h4-8,13-14H,9-12H2,1-3H3. The zero-order chi connectivity index (χ0) is 18.6. The van der Waals surface area contributed by atoms with E-state index in [9.17, 15) is 18.0 Å². The first-order valence-electron chi connectivity index (χ1n) is 8.18. The summed E-state index contributed by atoms with van der Waals surface area (Å²) in [6.45, 7) is 2.14. The van der Waals surface area contributed by atoms with Crippen molar-refractivity contribution in [1.82, 2.24) is 4.31 Å². The third-order valence-corrected chi connectivity index (χ3v) is 5.67. The summed E-state index contributed by atoms with van der Waals surface area (Å²) in [5.41, 5.74) is 0.719. The Bertz CT molecular complexity index is 712. The summed E-state index contributed by atoms with van der Waals surface area (Å²) in [5.74, 6) is -1.14. The van der Waals surface area contributed by atoms with E-state index in [4.69, 9.17) is 4.74 Å². The number of esters is 1. The molecule has 0 aliphatic carbocycles. The number of amides is 1. The monoisotopic (exact) mass is 368 g/mol. The van der Waals surface area contributed by atoms with Gasteiger partial charge in [-0.3, -0.25) is 9.59 Å². The van der Waals surface area contributed by atoms with Gasteiger partial charge in [0.05, 0.1) is 12.2 Å². The highest BCUT2D eigenvalue weighted by Gasteiger charge is 2.32. The van der Waals surface area contributed by atoms with Gasteiger partial charge in [-0.25, -0.2) is 12.7 Å². The number of para-hydroxylation sites is 1. The normalized spacial score (nSPS) is 17.7. The molecule has 0 bridgehead atoms. The number of rotatable bonds is 5. The quantitative estimate of drug-likeness (QED) is 0.731. The predicted octanol–water partition coefficient (Wildman–Crippen LogP) is 1.25. The minimum Gasteiger partial charge on any atom is -0.452 e. The van der Waals surface area contributed by atoms with Gasteiger partial charge >= 0.3 is 5.97 Å². The van der Waals surface area contributed by atoms with Gasteiger partial charge in [0.15, 0.2) is 6.10 Å². The second kappa shape index (κ2) is 7.97. The molecule has 138 valence electrons. The largest absolute Gasteiger partial charge is 0.452 e. The number of anilines is 1. The van der Waals surface area contributed by atoms with Crippen LogP contribution in [0.1, 0.15) is 19.8 Å². The molecule has 8 heteroatoms. The number of nitrogens with zero attached hydrogens (tertiary/aromatic N) is 2. The molecule has 0 saturated carbocycles. The third-order valence-electron chi connectivity index (χ3n) is 4.37. The summed E-state index contributed by atoms with van der Waals surface area (Å²) in [6.07, 6.45) is 1.07. The van der Waals surface area contributed by atoms with E-state index in [1.165, 1.54) is 9.21 Å². The topological polar surface area (TPSA) is 84.0 Å². The Balaban J connectivity index is 1.89. The minimum atomic E-state index is -3.23. The van der Waals surface area contributed by atoms with E-state index in [0.717, 1.165) is 11.9 Å². The molecule has 1 saturated heterocycles. The Kier molecular flexibility index (Phi) is 6.18. The van der Waals surface area contributed by atoms with Gasteiger partial charge in [0, 0.05) is 25.8 Å². The first kappa shape index (κ1) is 19.4. The number of likely N-dealkylation sites (N-methyl/N-ethyl adjacent to an activating group) is 1. The van der Waals surface area contributed by atoms with Crippen molar-refractivity contribution >= 4 is 27.6 Å². The van der Waals surface area contributed by atoms with Gasteiger partial charge in [-0.1, -0.05) is 18.2 Å². The van der Waals surface area contributed by atoms with Crippen LogP contribution in [0.15, 0.2) is 30.3 Å². The molecule has 1 aliphatic heterocycles. The molecular formula is C17H24N2O5S. The fourth-order valence-corrected chi connectivity index (χ4v) is 3.67. The molecule has 1 aromatic rings. The van der Waals surface area contributed by atoms with Gasteiger partial charge in [0.1, 0.15) is 0 Å². The van der Waals surface area contributed by atoms with Crippen molar-refractivity contribution in [3.63, 3.8) is 0 Å². The first-order valence-corrected chi connectivity index (χ1v) is 10.0. The van der Waals surface area contributed by atoms with Crippen LogP contribution in [-0.4, -0.2) is 57.1 Å². The van der Waals surface area contributed by atoms with Crippen molar-refractivity contribution in [2.24, 2.45) is 5.92 Å². The predicted molar refractivity (Wildman–Crippen MR) is 94.5 cm³/mol. The molecule has 1 atom stereocenters. The summed E-state index contributed by atoms with van der Waals surface area (Å²) in [7, 11) is -1.60. The fraction of sp³-hybridized carbons (Fsp3) is 0.529. The highest BCUT2D eigenvalue weighted by molar-refractivity contribution is 7.88. The van der Waals surface area contributed by atoms with Gasteiger partial charge in [-0.05, 0) is 31.9 Å². The van der Waals surface area contributed by atoms with E-state index < -0.39 is 22.1 Å². The molecule has 1 aromatic carbocycles. The maximum Gasteiger partial charge on any atom is 0.309 e. The lowest BCUT2D eigenvalue weighted by Crippen LogP contribution is -2.42. The molecule has 0 N–H and O–H groups in total. The molecule has 1 aliphatic rings. The number of hydrogen-bond donors (Lipinski definition) is 0. The number of benzene rings is 1. The van der Waals surface area contributed by atoms with Crippen LogP contribution >= 0.6 is 0 Å². The molecule has 25 heavy (non-hydrogen) atoms. The van der Waals surface area contributed by atoms with E-state index in [1.54, 1.807) is 26.1 Å². The van der Waals surface area contributed by atoms with Crippen LogP contribution in [0.4, 0.5) is 5.69 Å². The zero-order valence-corrected chi connectivity index (χ0v) is 15.5. The van der Waals surface area contributed by atoms with Crippen LogP contribution in [0.25, 0.3) is 0 Å². The van der Waals surface area contributed by atoms with Crippen LogP contribution in [-0.2, 0) is 24.3 Å². The average molecular weight is 368 g/mol. The Morgan fingerprint density at radius 2 is 1.76 bits per heavy atom. The number of hydrogen-bond acceptors (Lipinski definition) is 5. The van der Waals surface area contributed by atoms with Gasteiger partial charge in [-0.2, -0.15) is 0 Å². The highest BCUT2D eigenvalue weighted by atomic mass is 32.2. The number of sulfonamides is 1. The molecule has 0 spiro atoms. The van der Waals surface area contributed by atoms with Crippen LogP contribution in [0, 0.1) is 5.92 Å². The maximum absolute atomic E-state index is 12.4. The first-order chi connectivity index (χ1) is 11.7. The molecule has 1 fully saturated rings. The zero-order valence-electron chi connectivity index (χ0n) is 14.7. The summed E-state index contributed by atoms with van der Waals surface area (Å²) in [4.78, 5) is 26.1. The fourth-order valence-electron chi connectivity index (χ4n) is 2.80. The van der Waals surface area contributed by atoms with Gasteiger partial charge in [0.25, 0.3) is 5.91 Å². The van der Waals surface area contributed by atoms with Crippen molar-refractivity contribution in [3.05, 3.63) is 30.3 Å². The average Bonchev–Trinajstić information content (AvgIpc) is 2.60. The van der Waals surface area contributed by atoms with Crippen molar-refractivity contribution in [2.75, 3.05) is 31.3 Å². The lowest BCUT2D eigenvalue weighted by molar-refractivity contribution is -0.159. The SMILES string of the molecule is CC(OC(=O)C1CCN(S(C)(=O)=O)CC1)C(=O)N(C)c1ccccc1. The van der Waals surface area contributed by atoms with E-state index in [1.807, 2.05) is 18.2 Å². The molecule has 0 aromatic heterocycles. The second-order valence-electron chi connectivity index (χ2n) is 6.25. The van der Waals surface area contributed by atoms with Crippen molar-refractivity contribution in [1.29, 1.82) is 0 Å². The van der Waals surface area contributed by atoms with Gasteiger partial charge in [-0.15, -0.1) is 0 Å². The third kappa shape index (κ3) is 5.02. The summed E-state index contributed by atoms with van der Waals surface area (Å²) >= 11 is 0. The molecular weight excluding hydrogens is 344 g/mol. The van der Waals surface area contributed by atoms with E-state index in [-0.39, 0.29) is 11.8 Å². The van der Waals surface area contributed by atoms with Crippen LogP contribution < -0.4 is 4.90 Å². The lowest BCUT2D eigenvalue weighted by Gasteiger charge is -2.30. The Labute approximate surface area is 148 Å². The van der Waals surface area contributed by atoms with E-state index >= 15 is 0 Å². The Morgan fingerprint density at radius 3 is 2.28 bits per heavy atom. The number of carbonyl (C=O) groups is 2. The van der Waals surface area contributed by atoms with Crippen molar-refractivity contribution in [3.8, 4) is 0 Å². The van der Waals surface area contributed by atoms with Crippen LogP contribution in [0.5, 0.6) is 0 Å². The molecule has 0 radical (unpaired) electrons. The Morgan fingerprint density at radius 1 is 1.20 bits per heavy atom. The van der Waals surface area contributed by atoms with E-state index in [2.05, 4.69) is 0 Å². The second-order valence-corrected chi connectivity index (χ2v) is 8.23.